The monoisotopic (exact) mass is 423 g/mol. The number of ether oxygens (including phenoxy) is 1. The van der Waals surface area contributed by atoms with Crippen molar-refractivity contribution in [1.29, 1.82) is 0 Å². The molecule has 0 fully saturated rings. The minimum atomic E-state index is -0.494. The lowest BCUT2D eigenvalue weighted by molar-refractivity contribution is -0.118. The first-order chi connectivity index (χ1) is 13.0. The number of aryl methyl sites for hydroxylation is 1. The summed E-state index contributed by atoms with van der Waals surface area (Å²) in [6, 6.07) is 7.52. The molecule has 1 aromatic heterocycles. The summed E-state index contributed by atoms with van der Waals surface area (Å²) in [4.78, 5) is 27.8. The molecule has 28 heavy (non-hydrogen) atoms. The number of hydrogen-bond donors (Lipinski definition) is 2. The number of carbonyl (C=O) groups is 2. The van der Waals surface area contributed by atoms with E-state index in [-0.39, 0.29) is 24.9 Å². The molecule has 3 N–H and O–H groups in total. The van der Waals surface area contributed by atoms with Gasteiger partial charge in [0.1, 0.15) is 10.8 Å². The van der Waals surface area contributed by atoms with E-state index in [4.69, 9.17) is 10.5 Å². The molecule has 0 radical (unpaired) electrons. The van der Waals surface area contributed by atoms with Crippen LogP contribution in [0.5, 0.6) is 5.75 Å². The minimum Gasteiger partial charge on any atom is -0.484 e. The number of benzene rings is 1. The van der Waals surface area contributed by atoms with Gasteiger partial charge in [-0.3, -0.25) is 14.5 Å². The third-order valence-corrected chi connectivity index (χ3v) is 5.67. The largest absolute Gasteiger partial charge is 0.484 e. The Hall–Kier alpha value is -2.09. The number of hydrogen-bond acceptors (Lipinski definition) is 5. The average molecular weight is 424 g/mol. The van der Waals surface area contributed by atoms with E-state index in [1.54, 1.807) is 6.07 Å². The van der Waals surface area contributed by atoms with Crippen molar-refractivity contribution in [3.8, 4) is 5.75 Å². The molecule has 3 rings (SSSR count). The van der Waals surface area contributed by atoms with Crippen LogP contribution in [0.3, 0.4) is 0 Å². The molecule has 0 aliphatic carbocycles. The normalized spacial score (nSPS) is 13.4. The highest BCUT2D eigenvalue weighted by Crippen LogP contribution is 2.37. The number of primary amides is 1. The van der Waals surface area contributed by atoms with Gasteiger partial charge in [-0.15, -0.1) is 23.7 Å². The maximum Gasteiger partial charge on any atom is 0.262 e. The highest BCUT2D eigenvalue weighted by molar-refractivity contribution is 7.17. The zero-order valence-corrected chi connectivity index (χ0v) is 17.8. The number of carbonyl (C=O) groups excluding carboxylic acids is 2. The molecule has 2 aromatic rings. The zero-order valence-electron chi connectivity index (χ0n) is 16.1. The molecule has 0 unspecified atom stereocenters. The molecule has 2 amide bonds. The first kappa shape index (κ1) is 22.2. The van der Waals surface area contributed by atoms with Crippen molar-refractivity contribution >= 4 is 40.6 Å². The van der Waals surface area contributed by atoms with Gasteiger partial charge in [-0.1, -0.05) is 19.1 Å². The van der Waals surface area contributed by atoms with Gasteiger partial charge in [0.05, 0.1) is 5.56 Å². The average Bonchev–Trinajstić information content (AvgIpc) is 2.97. The fourth-order valence-corrected chi connectivity index (χ4v) is 4.64. The van der Waals surface area contributed by atoms with Crippen molar-refractivity contribution in [2.45, 2.75) is 33.2 Å². The second-order valence-electron chi connectivity index (χ2n) is 6.75. The molecule has 1 aliphatic heterocycles. The van der Waals surface area contributed by atoms with Crippen molar-refractivity contribution in [3.05, 3.63) is 45.8 Å². The molecule has 0 bridgehead atoms. The SMILES string of the molecule is CCCN1CCc2c(sc(NC(=O)COc3cccc(C)c3)c2C(N)=O)C1.Cl. The first-order valence-corrected chi connectivity index (χ1v) is 9.95. The Kier molecular flexibility index (Phi) is 7.86. The van der Waals surface area contributed by atoms with Crippen LogP contribution >= 0.6 is 23.7 Å². The predicted molar refractivity (Wildman–Crippen MR) is 115 cm³/mol. The van der Waals surface area contributed by atoms with Crippen molar-refractivity contribution in [2.75, 3.05) is 25.0 Å². The van der Waals surface area contributed by atoms with E-state index in [9.17, 15) is 9.59 Å². The maximum absolute atomic E-state index is 12.3. The lowest BCUT2D eigenvalue weighted by Gasteiger charge is -2.26. The van der Waals surface area contributed by atoms with Crippen LogP contribution in [-0.4, -0.2) is 36.4 Å². The van der Waals surface area contributed by atoms with Crippen LogP contribution in [0.15, 0.2) is 24.3 Å². The number of halogens is 1. The summed E-state index contributed by atoms with van der Waals surface area (Å²) in [5.74, 6) is -0.157. The van der Waals surface area contributed by atoms with Crippen molar-refractivity contribution in [2.24, 2.45) is 5.73 Å². The molecule has 152 valence electrons. The molecule has 2 heterocycles. The number of fused-ring (bicyclic) bond motifs is 1. The van der Waals surface area contributed by atoms with Gasteiger partial charge in [-0.2, -0.15) is 0 Å². The minimum absolute atomic E-state index is 0. The fraction of sp³-hybridized carbons (Fsp3) is 0.400. The maximum atomic E-state index is 12.3. The van der Waals surface area contributed by atoms with Crippen molar-refractivity contribution in [3.63, 3.8) is 0 Å². The summed E-state index contributed by atoms with van der Waals surface area (Å²) < 4.78 is 5.54. The van der Waals surface area contributed by atoms with Gasteiger partial charge in [-0.05, 0) is 49.6 Å². The second kappa shape index (κ2) is 9.91. The smallest absolute Gasteiger partial charge is 0.262 e. The van der Waals surface area contributed by atoms with Crippen LogP contribution in [0.2, 0.25) is 0 Å². The Morgan fingerprint density at radius 2 is 2.14 bits per heavy atom. The van der Waals surface area contributed by atoms with Gasteiger partial charge in [0.25, 0.3) is 11.8 Å². The van der Waals surface area contributed by atoms with E-state index < -0.39 is 5.91 Å². The molecule has 0 saturated heterocycles. The quantitative estimate of drug-likeness (QED) is 0.715. The topological polar surface area (TPSA) is 84.7 Å². The predicted octanol–water partition coefficient (Wildman–Crippen LogP) is 3.36. The highest BCUT2D eigenvalue weighted by Gasteiger charge is 2.27. The highest BCUT2D eigenvalue weighted by atomic mass is 35.5. The molecule has 1 aliphatic rings. The molecule has 8 heteroatoms. The van der Waals surface area contributed by atoms with Crippen molar-refractivity contribution in [1.82, 2.24) is 4.90 Å². The summed E-state index contributed by atoms with van der Waals surface area (Å²) in [6.07, 6.45) is 1.86. The molecule has 1 aromatic carbocycles. The number of nitrogens with two attached hydrogens (primary N) is 1. The van der Waals surface area contributed by atoms with Crippen LogP contribution in [0.4, 0.5) is 5.00 Å². The second-order valence-corrected chi connectivity index (χ2v) is 7.86. The van der Waals surface area contributed by atoms with E-state index >= 15 is 0 Å². The van der Waals surface area contributed by atoms with E-state index in [1.165, 1.54) is 11.3 Å². The van der Waals surface area contributed by atoms with Crippen LogP contribution in [0.25, 0.3) is 0 Å². The van der Waals surface area contributed by atoms with Gasteiger partial charge in [-0.25, -0.2) is 0 Å². The Bertz CT molecular complexity index is 853. The van der Waals surface area contributed by atoms with E-state index in [0.717, 1.165) is 48.5 Å². The Balaban J connectivity index is 0.00000280. The van der Waals surface area contributed by atoms with Crippen LogP contribution in [0, 0.1) is 6.92 Å². The number of rotatable bonds is 7. The Morgan fingerprint density at radius 3 is 2.82 bits per heavy atom. The van der Waals surface area contributed by atoms with Gasteiger partial charge in [0.2, 0.25) is 0 Å². The number of anilines is 1. The summed E-state index contributed by atoms with van der Waals surface area (Å²) in [5, 5.41) is 3.35. The molecular formula is C20H26ClN3O3S. The molecular weight excluding hydrogens is 398 g/mol. The van der Waals surface area contributed by atoms with Gasteiger partial charge in [0.15, 0.2) is 6.61 Å². The third-order valence-electron chi connectivity index (χ3n) is 4.53. The van der Waals surface area contributed by atoms with Gasteiger partial charge >= 0.3 is 0 Å². The molecule has 0 saturated carbocycles. The van der Waals surface area contributed by atoms with Crippen LogP contribution in [-0.2, 0) is 17.8 Å². The van der Waals surface area contributed by atoms with E-state index in [1.807, 2.05) is 25.1 Å². The lowest BCUT2D eigenvalue weighted by Crippen LogP contribution is -2.31. The van der Waals surface area contributed by atoms with Crippen molar-refractivity contribution < 1.29 is 14.3 Å². The fourth-order valence-electron chi connectivity index (χ4n) is 3.33. The summed E-state index contributed by atoms with van der Waals surface area (Å²) in [5.41, 5.74) is 8.10. The summed E-state index contributed by atoms with van der Waals surface area (Å²) in [7, 11) is 0. The third kappa shape index (κ3) is 5.25. The van der Waals surface area contributed by atoms with Crippen LogP contribution in [0.1, 0.15) is 39.7 Å². The van der Waals surface area contributed by atoms with Gasteiger partial charge < -0.3 is 15.8 Å². The Morgan fingerprint density at radius 1 is 1.36 bits per heavy atom. The molecule has 6 nitrogen and oxygen atoms in total. The standard InChI is InChI=1S/C20H25N3O3S.ClH/c1-3-8-23-9-7-15-16(11-23)27-20(18(15)19(21)25)22-17(24)12-26-14-6-4-5-13(2)10-14;/h4-6,10H,3,7-9,11-12H2,1-2H3,(H2,21,25)(H,22,24);1H. The zero-order chi connectivity index (χ0) is 19.4. The summed E-state index contributed by atoms with van der Waals surface area (Å²) >= 11 is 1.44. The molecule has 0 atom stereocenters. The molecule has 0 spiro atoms. The first-order valence-electron chi connectivity index (χ1n) is 9.14. The lowest BCUT2D eigenvalue weighted by atomic mass is 10.0. The number of nitrogens with one attached hydrogen (secondary N) is 1. The number of amides is 2. The van der Waals surface area contributed by atoms with Crippen LogP contribution < -0.4 is 15.8 Å². The van der Waals surface area contributed by atoms with Gasteiger partial charge in [0, 0.05) is 18.0 Å². The Labute approximate surface area is 175 Å². The number of thiophene rings is 1. The van der Waals surface area contributed by atoms with E-state index in [0.29, 0.717) is 16.3 Å². The summed E-state index contributed by atoms with van der Waals surface area (Å²) in [6.45, 7) is 6.72. The van der Waals surface area contributed by atoms with E-state index in [2.05, 4.69) is 17.1 Å². The number of nitrogens with zero attached hydrogens (tertiary/aromatic N) is 1.